The number of rotatable bonds is 2. The first kappa shape index (κ1) is 13.1. The van der Waals surface area contributed by atoms with Crippen LogP contribution in [0.25, 0.3) is 17.3 Å². The molecule has 0 amide bonds. The number of nitrogens with zero attached hydrogens (tertiary/aromatic N) is 1. The highest BCUT2D eigenvalue weighted by molar-refractivity contribution is 6.08. The van der Waals surface area contributed by atoms with E-state index in [9.17, 15) is 0 Å². The highest BCUT2D eigenvalue weighted by Crippen LogP contribution is 2.29. The molecule has 0 saturated carbocycles. The van der Waals surface area contributed by atoms with Gasteiger partial charge in [0.1, 0.15) is 11.5 Å². The quantitative estimate of drug-likeness (QED) is 0.816. The average Bonchev–Trinajstić information content (AvgIpc) is 3.05. The molecule has 0 aromatic heterocycles. The number of para-hydroxylation sites is 1. The summed E-state index contributed by atoms with van der Waals surface area (Å²) >= 11 is 0. The monoisotopic (exact) mass is 291 g/mol. The van der Waals surface area contributed by atoms with Crippen LogP contribution in [0.4, 0.5) is 0 Å². The van der Waals surface area contributed by atoms with Crippen LogP contribution in [0, 0.1) is 13.8 Å². The summed E-state index contributed by atoms with van der Waals surface area (Å²) in [5, 5.41) is 4.46. The van der Waals surface area contributed by atoms with Gasteiger partial charge in [-0.05, 0) is 36.8 Å². The van der Waals surface area contributed by atoms with Crippen molar-refractivity contribution in [1.29, 1.82) is 0 Å². The van der Waals surface area contributed by atoms with Crippen molar-refractivity contribution in [2.24, 2.45) is 4.99 Å². The molecule has 1 heterocycles. The van der Waals surface area contributed by atoms with Gasteiger partial charge < -0.3 is 9.47 Å². The molecule has 110 valence electrons. The molecule has 2 aromatic rings. The molecule has 2 aliphatic rings. The molecule has 0 fully saturated rings. The second kappa shape index (κ2) is 4.47. The smallest absolute Gasteiger partial charge is 0.135 e. The Morgan fingerprint density at radius 1 is 0.909 bits per heavy atom. The van der Waals surface area contributed by atoms with Crippen LogP contribution in [-0.4, -0.2) is 14.2 Å². The van der Waals surface area contributed by atoms with E-state index in [0.29, 0.717) is 0 Å². The third-order valence-electron chi connectivity index (χ3n) is 4.54. The van der Waals surface area contributed by atoms with Gasteiger partial charge in [0, 0.05) is 16.4 Å². The lowest BCUT2D eigenvalue weighted by Gasteiger charge is -2.13. The van der Waals surface area contributed by atoms with Crippen LogP contribution in [0.5, 0.6) is 11.5 Å². The SMILES string of the molecule is COc1c(C)c(OC)c2c(c1C)=CC1=c3ccccc3=NC=21. The largest absolute Gasteiger partial charge is 0.496 e. The number of methoxy groups -OCH3 is 2. The van der Waals surface area contributed by atoms with Crippen LogP contribution in [0.1, 0.15) is 11.1 Å². The van der Waals surface area contributed by atoms with E-state index in [1.807, 2.05) is 13.0 Å². The number of benzene rings is 2. The molecule has 3 heteroatoms. The van der Waals surface area contributed by atoms with E-state index in [-0.39, 0.29) is 0 Å². The zero-order valence-corrected chi connectivity index (χ0v) is 13.2. The minimum absolute atomic E-state index is 0.857. The van der Waals surface area contributed by atoms with Gasteiger partial charge in [-0.3, -0.25) is 0 Å². The lowest BCUT2D eigenvalue weighted by Crippen LogP contribution is -2.30. The van der Waals surface area contributed by atoms with Crippen LogP contribution in [0.2, 0.25) is 0 Å². The maximum atomic E-state index is 5.70. The number of ether oxygens (including phenoxy) is 2. The van der Waals surface area contributed by atoms with Crippen molar-refractivity contribution in [2.45, 2.75) is 13.8 Å². The minimum atomic E-state index is 0.857. The van der Waals surface area contributed by atoms with Gasteiger partial charge in [0.25, 0.3) is 0 Å². The Labute approximate surface area is 128 Å². The molecule has 4 rings (SSSR count). The third kappa shape index (κ3) is 1.48. The highest BCUT2D eigenvalue weighted by atomic mass is 16.5. The zero-order chi connectivity index (χ0) is 15.4. The summed E-state index contributed by atoms with van der Waals surface area (Å²) in [4.78, 5) is 4.83. The predicted octanol–water partition coefficient (Wildman–Crippen LogP) is 0.707. The second-order valence-electron chi connectivity index (χ2n) is 5.64. The lowest BCUT2D eigenvalue weighted by atomic mass is 10.0. The first-order valence-corrected chi connectivity index (χ1v) is 7.33. The van der Waals surface area contributed by atoms with E-state index < -0.39 is 0 Å². The molecule has 0 spiro atoms. The van der Waals surface area contributed by atoms with Crippen LogP contribution in [0.15, 0.2) is 29.3 Å². The van der Waals surface area contributed by atoms with Crippen LogP contribution < -0.4 is 30.5 Å². The second-order valence-corrected chi connectivity index (χ2v) is 5.64. The molecule has 3 nitrogen and oxygen atoms in total. The maximum absolute atomic E-state index is 5.70. The van der Waals surface area contributed by atoms with E-state index >= 15 is 0 Å². The van der Waals surface area contributed by atoms with Crippen molar-refractivity contribution >= 4 is 17.3 Å². The van der Waals surface area contributed by atoms with E-state index in [2.05, 4.69) is 31.2 Å². The molecule has 0 saturated heterocycles. The molecule has 0 radical (unpaired) electrons. The summed E-state index contributed by atoms with van der Waals surface area (Å²) in [7, 11) is 3.41. The molecular formula is C19H17NO2. The average molecular weight is 291 g/mol. The zero-order valence-electron chi connectivity index (χ0n) is 13.2. The Morgan fingerprint density at radius 3 is 2.36 bits per heavy atom. The normalized spacial score (nSPS) is 14.0. The van der Waals surface area contributed by atoms with E-state index in [0.717, 1.165) is 44.1 Å². The summed E-state index contributed by atoms with van der Waals surface area (Å²) < 4.78 is 11.3. The van der Waals surface area contributed by atoms with Crippen molar-refractivity contribution in [3.05, 3.63) is 56.4 Å². The Kier molecular flexibility index (Phi) is 2.67. The molecule has 22 heavy (non-hydrogen) atoms. The Morgan fingerprint density at radius 2 is 1.64 bits per heavy atom. The van der Waals surface area contributed by atoms with Crippen LogP contribution >= 0.6 is 0 Å². The fourth-order valence-corrected chi connectivity index (χ4v) is 3.57. The Bertz CT molecular complexity index is 1060. The molecular weight excluding hydrogens is 274 g/mol. The van der Waals surface area contributed by atoms with E-state index in [4.69, 9.17) is 14.5 Å². The molecule has 0 atom stereocenters. The van der Waals surface area contributed by atoms with Gasteiger partial charge in [0.15, 0.2) is 0 Å². The fraction of sp³-hybridized carbons (Fsp3) is 0.211. The van der Waals surface area contributed by atoms with Crippen molar-refractivity contribution in [3.8, 4) is 11.5 Å². The Balaban J connectivity index is 2.27. The van der Waals surface area contributed by atoms with E-state index in [1.54, 1.807) is 14.2 Å². The van der Waals surface area contributed by atoms with Gasteiger partial charge in [-0.25, -0.2) is 4.99 Å². The summed E-state index contributed by atoms with van der Waals surface area (Å²) in [6.07, 6.45) is 2.21. The molecule has 0 unspecified atom stereocenters. The van der Waals surface area contributed by atoms with Gasteiger partial charge in [-0.1, -0.05) is 18.2 Å². The van der Waals surface area contributed by atoms with Crippen molar-refractivity contribution in [2.75, 3.05) is 14.2 Å². The van der Waals surface area contributed by atoms with Gasteiger partial charge >= 0.3 is 0 Å². The Hall–Kier alpha value is -2.55. The van der Waals surface area contributed by atoms with Crippen LogP contribution in [0.3, 0.4) is 0 Å². The fourth-order valence-electron chi connectivity index (χ4n) is 3.57. The molecule has 1 aliphatic carbocycles. The molecule has 0 N–H and O–H groups in total. The molecule has 0 bridgehead atoms. The summed E-state index contributed by atoms with van der Waals surface area (Å²) in [5.74, 6) is 1.75. The van der Waals surface area contributed by atoms with Crippen molar-refractivity contribution in [3.63, 3.8) is 0 Å². The van der Waals surface area contributed by atoms with Gasteiger partial charge in [0.2, 0.25) is 0 Å². The van der Waals surface area contributed by atoms with Gasteiger partial charge in [-0.15, -0.1) is 0 Å². The standard InChI is InChI=1S/C19H17NO2/c1-10-13-9-14-12-7-5-6-8-15(12)20-17(14)16(13)19(22-4)11(2)18(10)21-3/h5-9H,1-4H3. The third-order valence-corrected chi connectivity index (χ3v) is 4.54. The first-order chi connectivity index (χ1) is 10.7. The van der Waals surface area contributed by atoms with Gasteiger partial charge in [0.05, 0.1) is 30.5 Å². The summed E-state index contributed by atoms with van der Waals surface area (Å²) in [6.45, 7) is 4.13. The topological polar surface area (TPSA) is 30.8 Å². The lowest BCUT2D eigenvalue weighted by molar-refractivity contribution is 0.383. The summed E-state index contributed by atoms with van der Waals surface area (Å²) in [6, 6.07) is 8.25. The maximum Gasteiger partial charge on any atom is 0.135 e. The predicted molar refractivity (Wildman–Crippen MR) is 86.8 cm³/mol. The number of fused-ring (bicyclic) bond motifs is 3. The van der Waals surface area contributed by atoms with Gasteiger partial charge in [-0.2, -0.15) is 0 Å². The molecule has 2 aromatic carbocycles. The highest BCUT2D eigenvalue weighted by Gasteiger charge is 2.23. The van der Waals surface area contributed by atoms with Crippen LogP contribution in [-0.2, 0) is 0 Å². The first-order valence-electron chi connectivity index (χ1n) is 7.33. The number of hydrogen-bond donors (Lipinski definition) is 0. The summed E-state index contributed by atoms with van der Waals surface area (Å²) in [5.41, 5.74) is 4.36. The van der Waals surface area contributed by atoms with E-state index in [1.165, 1.54) is 10.8 Å². The van der Waals surface area contributed by atoms with Crippen molar-refractivity contribution < 1.29 is 9.47 Å². The minimum Gasteiger partial charge on any atom is -0.496 e. The molecule has 1 aliphatic heterocycles. The number of hydrogen-bond acceptors (Lipinski definition) is 3. The van der Waals surface area contributed by atoms with Crippen molar-refractivity contribution in [1.82, 2.24) is 0 Å².